The molecular weight excluding hydrogens is 341 g/mol. The number of hydrogen-bond donors (Lipinski definition) is 2. The van der Waals surface area contributed by atoms with Gasteiger partial charge < -0.3 is 15.4 Å². The number of ether oxygens (including phenoxy) is 1. The van der Waals surface area contributed by atoms with Gasteiger partial charge in [-0.2, -0.15) is 0 Å². The minimum absolute atomic E-state index is 0. The molecule has 0 spiro atoms. The summed E-state index contributed by atoms with van der Waals surface area (Å²) in [6.45, 7) is 7.83. The second-order valence-corrected chi connectivity index (χ2v) is 4.09. The second kappa shape index (κ2) is 17.0. The van der Waals surface area contributed by atoms with Crippen LogP contribution < -0.4 is 10.6 Å². The van der Waals surface area contributed by atoms with Crippen molar-refractivity contribution in [3.8, 4) is 0 Å². The van der Waals surface area contributed by atoms with Gasteiger partial charge in [0.05, 0.1) is 0 Å². The lowest BCUT2D eigenvalue weighted by Gasteiger charge is -2.10. The number of nitrogens with zero attached hydrogens (tertiary/aromatic N) is 1. The maximum absolute atomic E-state index is 5.00. The van der Waals surface area contributed by atoms with Crippen molar-refractivity contribution in [3.05, 3.63) is 0 Å². The number of guanidine groups is 1. The van der Waals surface area contributed by atoms with E-state index in [1.807, 2.05) is 0 Å². The Hall–Kier alpha value is -0.0400. The first-order chi connectivity index (χ1) is 8.35. The van der Waals surface area contributed by atoms with Crippen LogP contribution in [0.15, 0.2) is 4.99 Å². The first-order valence-corrected chi connectivity index (χ1v) is 6.86. The SMILES string of the molecule is CCCCCCNC(=NCCCOC)NCC.I. The van der Waals surface area contributed by atoms with E-state index in [0.717, 1.165) is 38.6 Å². The molecule has 0 aromatic rings. The maximum atomic E-state index is 5.00. The Morgan fingerprint density at radius 2 is 1.83 bits per heavy atom. The zero-order chi connectivity index (χ0) is 12.8. The normalized spacial score (nSPS) is 10.9. The van der Waals surface area contributed by atoms with Crippen LogP contribution in [-0.4, -0.2) is 39.3 Å². The summed E-state index contributed by atoms with van der Waals surface area (Å²) >= 11 is 0. The molecule has 0 heterocycles. The molecule has 0 aromatic carbocycles. The van der Waals surface area contributed by atoms with E-state index < -0.39 is 0 Å². The van der Waals surface area contributed by atoms with Gasteiger partial charge in [-0.3, -0.25) is 4.99 Å². The van der Waals surface area contributed by atoms with Crippen LogP contribution in [-0.2, 0) is 4.74 Å². The minimum Gasteiger partial charge on any atom is -0.385 e. The van der Waals surface area contributed by atoms with E-state index in [1.54, 1.807) is 7.11 Å². The van der Waals surface area contributed by atoms with Crippen LogP contribution >= 0.6 is 24.0 Å². The summed E-state index contributed by atoms with van der Waals surface area (Å²) in [5.41, 5.74) is 0. The largest absolute Gasteiger partial charge is 0.385 e. The van der Waals surface area contributed by atoms with Crippen molar-refractivity contribution >= 4 is 29.9 Å². The first kappa shape index (κ1) is 20.3. The van der Waals surface area contributed by atoms with Crippen molar-refractivity contribution < 1.29 is 4.74 Å². The van der Waals surface area contributed by atoms with Gasteiger partial charge in [-0.15, -0.1) is 24.0 Å². The number of nitrogens with one attached hydrogen (secondary N) is 2. The van der Waals surface area contributed by atoms with Gasteiger partial charge in [0, 0.05) is 33.4 Å². The van der Waals surface area contributed by atoms with E-state index in [2.05, 4.69) is 29.5 Å². The molecule has 110 valence electrons. The van der Waals surface area contributed by atoms with Crippen molar-refractivity contribution in [2.45, 2.75) is 46.0 Å². The van der Waals surface area contributed by atoms with Crippen LogP contribution in [0.2, 0.25) is 0 Å². The molecule has 0 bridgehead atoms. The topological polar surface area (TPSA) is 45.7 Å². The van der Waals surface area contributed by atoms with Gasteiger partial charge in [0.1, 0.15) is 0 Å². The quantitative estimate of drug-likeness (QED) is 0.269. The highest BCUT2D eigenvalue weighted by atomic mass is 127. The smallest absolute Gasteiger partial charge is 0.191 e. The van der Waals surface area contributed by atoms with Crippen LogP contribution in [0, 0.1) is 0 Å². The van der Waals surface area contributed by atoms with E-state index >= 15 is 0 Å². The fourth-order valence-electron chi connectivity index (χ4n) is 1.50. The zero-order valence-corrected chi connectivity index (χ0v) is 14.5. The number of unbranched alkanes of at least 4 members (excludes halogenated alkanes) is 3. The molecule has 5 heteroatoms. The zero-order valence-electron chi connectivity index (χ0n) is 12.1. The lowest BCUT2D eigenvalue weighted by atomic mass is 10.2. The number of halogens is 1. The van der Waals surface area contributed by atoms with Crippen LogP contribution in [0.4, 0.5) is 0 Å². The van der Waals surface area contributed by atoms with Crippen molar-refractivity contribution in [2.75, 3.05) is 33.4 Å². The standard InChI is InChI=1S/C13H29N3O.HI/c1-4-6-7-8-10-15-13(14-5-2)16-11-9-12-17-3;/h4-12H2,1-3H3,(H2,14,15,16);1H. The first-order valence-electron chi connectivity index (χ1n) is 6.86. The number of aliphatic imine (C=N–C) groups is 1. The van der Waals surface area contributed by atoms with Gasteiger partial charge in [0.2, 0.25) is 0 Å². The van der Waals surface area contributed by atoms with Gasteiger partial charge in [-0.25, -0.2) is 0 Å². The lowest BCUT2D eigenvalue weighted by Crippen LogP contribution is -2.37. The number of hydrogen-bond acceptors (Lipinski definition) is 2. The Balaban J connectivity index is 0. The molecule has 0 aromatic heterocycles. The summed E-state index contributed by atoms with van der Waals surface area (Å²) in [5.74, 6) is 0.931. The third-order valence-electron chi connectivity index (χ3n) is 2.44. The molecular formula is C13H30IN3O. The molecule has 4 nitrogen and oxygen atoms in total. The molecule has 0 saturated carbocycles. The van der Waals surface area contributed by atoms with Gasteiger partial charge in [0.25, 0.3) is 0 Å². The predicted molar refractivity (Wildman–Crippen MR) is 90.0 cm³/mol. The summed E-state index contributed by atoms with van der Waals surface area (Å²) < 4.78 is 5.00. The van der Waals surface area contributed by atoms with E-state index in [1.165, 1.54) is 25.7 Å². The molecule has 18 heavy (non-hydrogen) atoms. The predicted octanol–water partition coefficient (Wildman–Crippen LogP) is 2.78. The molecule has 0 fully saturated rings. The molecule has 0 saturated heterocycles. The van der Waals surface area contributed by atoms with Gasteiger partial charge in [-0.05, 0) is 19.8 Å². The Morgan fingerprint density at radius 3 is 2.44 bits per heavy atom. The van der Waals surface area contributed by atoms with E-state index in [-0.39, 0.29) is 24.0 Å². The maximum Gasteiger partial charge on any atom is 0.191 e. The second-order valence-electron chi connectivity index (χ2n) is 4.09. The monoisotopic (exact) mass is 371 g/mol. The van der Waals surface area contributed by atoms with Crippen LogP contribution in [0.25, 0.3) is 0 Å². The van der Waals surface area contributed by atoms with Crippen molar-refractivity contribution in [1.29, 1.82) is 0 Å². The lowest BCUT2D eigenvalue weighted by molar-refractivity contribution is 0.197. The Bertz CT molecular complexity index is 189. The van der Waals surface area contributed by atoms with E-state index in [0.29, 0.717) is 0 Å². The fourth-order valence-corrected chi connectivity index (χ4v) is 1.50. The highest BCUT2D eigenvalue weighted by Gasteiger charge is 1.95. The summed E-state index contributed by atoms with van der Waals surface area (Å²) in [7, 11) is 1.72. The molecule has 0 atom stereocenters. The van der Waals surface area contributed by atoms with Crippen LogP contribution in [0.5, 0.6) is 0 Å². The third kappa shape index (κ3) is 14.0. The molecule has 0 unspecified atom stereocenters. The van der Waals surface area contributed by atoms with Crippen LogP contribution in [0.1, 0.15) is 46.0 Å². The summed E-state index contributed by atoms with van der Waals surface area (Å²) in [5, 5.41) is 6.60. The molecule has 2 N–H and O–H groups in total. The summed E-state index contributed by atoms with van der Waals surface area (Å²) in [6.07, 6.45) is 6.10. The Morgan fingerprint density at radius 1 is 1.06 bits per heavy atom. The van der Waals surface area contributed by atoms with Crippen molar-refractivity contribution in [3.63, 3.8) is 0 Å². The Kier molecular flexibility index (Phi) is 19.1. The van der Waals surface area contributed by atoms with Crippen molar-refractivity contribution in [1.82, 2.24) is 10.6 Å². The molecule has 0 aliphatic heterocycles. The average Bonchev–Trinajstić information content (AvgIpc) is 2.34. The van der Waals surface area contributed by atoms with Crippen molar-refractivity contribution in [2.24, 2.45) is 4.99 Å². The summed E-state index contributed by atoms with van der Waals surface area (Å²) in [6, 6.07) is 0. The molecule has 0 amide bonds. The van der Waals surface area contributed by atoms with Gasteiger partial charge in [-0.1, -0.05) is 26.2 Å². The molecule has 0 aliphatic carbocycles. The number of methoxy groups -OCH3 is 1. The summed E-state index contributed by atoms with van der Waals surface area (Å²) in [4.78, 5) is 4.48. The fraction of sp³-hybridized carbons (Fsp3) is 0.923. The van der Waals surface area contributed by atoms with Gasteiger partial charge >= 0.3 is 0 Å². The highest BCUT2D eigenvalue weighted by Crippen LogP contribution is 1.96. The average molecular weight is 371 g/mol. The van der Waals surface area contributed by atoms with E-state index in [4.69, 9.17) is 4.74 Å². The molecule has 0 aliphatic rings. The van der Waals surface area contributed by atoms with Gasteiger partial charge in [0.15, 0.2) is 5.96 Å². The minimum atomic E-state index is 0. The van der Waals surface area contributed by atoms with Crippen LogP contribution in [0.3, 0.4) is 0 Å². The third-order valence-corrected chi connectivity index (χ3v) is 2.44. The van der Waals surface area contributed by atoms with E-state index in [9.17, 15) is 0 Å². The molecule has 0 rings (SSSR count). The highest BCUT2D eigenvalue weighted by molar-refractivity contribution is 14.0. The number of rotatable bonds is 10. The Labute approximate surface area is 129 Å². The molecule has 0 radical (unpaired) electrons.